The summed E-state index contributed by atoms with van der Waals surface area (Å²) in [5.41, 5.74) is 13.8. The van der Waals surface area contributed by atoms with Crippen LogP contribution in [0.3, 0.4) is 0 Å². The van der Waals surface area contributed by atoms with Gasteiger partial charge in [-0.15, -0.1) is 5.98 Å². The Morgan fingerprint density at radius 2 is 1.06 bits per heavy atom. The molecule has 1 aliphatic rings. The van der Waals surface area contributed by atoms with Crippen molar-refractivity contribution in [2.75, 3.05) is 0 Å². The molecule has 0 spiro atoms. The second kappa shape index (κ2) is 8.36. The zero-order valence-electron chi connectivity index (χ0n) is 19.4. The Hall–Kier alpha value is -3.25. The Kier molecular flexibility index (Phi) is 5.39. The molecule has 0 radical (unpaired) electrons. The van der Waals surface area contributed by atoms with Gasteiger partial charge in [-0.05, 0) is 33.3 Å². The first-order valence-corrected chi connectivity index (χ1v) is 11.5. The van der Waals surface area contributed by atoms with Gasteiger partial charge in [0.2, 0.25) is 13.4 Å². The first-order chi connectivity index (χ1) is 15.5. The van der Waals surface area contributed by atoms with Gasteiger partial charge >= 0.3 is 0 Å². The fraction of sp³-hybridized carbons (Fsp3) is 0.133. The van der Waals surface area contributed by atoms with E-state index in [1.807, 2.05) is 0 Å². The van der Waals surface area contributed by atoms with Gasteiger partial charge in [0.15, 0.2) is 0 Å². The molecule has 5 rings (SSSR count). The number of aryl methyl sites for hydroxylation is 4. The Morgan fingerprint density at radius 3 is 1.59 bits per heavy atom. The van der Waals surface area contributed by atoms with Gasteiger partial charge in [0, 0.05) is 0 Å². The zero-order valence-corrected chi connectivity index (χ0v) is 19.4. The third kappa shape index (κ3) is 3.65. The molecule has 4 aromatic carbocycles. The summed E-state index contributed by atoms with van der Waals surface area (Å²) in [5.74, 6) is 2.38. The van der Waals surface area contributed by atoms with Crippen molar-refractivity contribution < 1.29 is 0 Å². The lowest BCUT2D eigenvalue weighted by molar-refractivity contribution is 1.35. The highest BCUT2D eigenvalue weighted by Crippen LogP contribution is 2.11. The second-order valence-electron chi connectivity index (χ2n) is 9.25. The van der Waals surface area contributed by atoms with Crippen LogP contribution in [-0.4, -0.2) is 13.4 Å². The fourth-order valence-corrected chi connectivity index (χ4v) is 5.50. The lowest BCUT2D eigenvalue weighted by Crippen LogP contribution is -2.72. The summed E-state index contributed by atoms with van der Waals surface area (Å²) < 4.78 is 0. The smallest absolute Gasteiger partial charge is 0.105 e. The van der Waals surface area contributed by atoms with Gasteiger partial charge in [-0.3, -0.25) is 0 Å². The average Bonchev–Trinajstić information content (AvgIpc) is 2.78. The molecule has 0 saturated heterocycles. The molecule has 0 N–H and O–H groups in total. The number of rotatable bonds is 3. The molecule has 0 unspecified atom stereocenters. The zero-order chi connectivity index (χ0) is 22.2. The molecule has 0 aliphatic carbocycles. The van der Waals surface area contributed by atoms with Gasteiger partial charge in [-0.2, -0.15) is 0 Å². The Labute approximate surface area is 193 Å². The predicted molar refractivity (Wildman–Crippen MR) is 143 cm³/mol. The van der Waals surface area contributed by atoms with Crippen LogP contribution in [0.4, 0.5) is 0 Å². The molecule has 1 heterocycles. The van der Waals surface area contributed by atoms with Crippen molar-refractivity contribution in [1.82, 2.24) is 0 Å². The van der Waals surface area contributed by atoms with Crippen molar-refractivity contribution in [3.05, 3.63) is 119 Å². The Balaban J connectivity index is 1.69. The molecule has 154 valence electrons. The monoisotopic (exact) mass is 410 g/mol. The summed E-state index contributed by atoms with van der Waals surface area (Å²) >= 11 is 0. The third-order valence-electron chi connectivity index (χ3n) is 6.87. The van der Waals surface area contributed by atoms with Crippen molar-refractivity contribution in [2.24, 2.45) is 0 Å². The van der Waals surface area contributed by atoms with E-state index >= 15 is 0 Å². The Morgan fingerprint density at radius 1 is 0.562 bits per heavy atom. The molecule has 2 heteroatoms. The summed E-state index contributed by atoms with van der Waals surface area (Å²) in [6.07, 6.45) is 2.28. The summed E-state index contributed by atoms with van der Waals surface area (Å²) in [7, 11) is 0. The highest BCUT2D eigenvalue weighted by molar-refractivity contribution is 7.09. The minimum Gasteiger partial charge on any atom is -0.105 e. The number of fused-ring (bicyclic) bond motifs is 2. The molecule has 0 saturated carbocycles. The normalized spacial score (nSPS) is 12.8. The van der Waals surface area contributed by atoms with Crippen LogP contribution in [0.15, 0.2) is 90.9 Å². The maximum absolute atomic E-state index is 2.38. The van der Waals surface area contributed by atoms with E-state index in [9.17, 15) is 0 Å². The van der Waals surface area contributed by atoms with Gasteiger partial charge in [0.1, 0.15) is 0 Å². The van der Waals surface area contributed by atoms with Gasteiger partial charge < -0.3 is 0 Å². The largest absolute Gasteiger partial charge is 0.240 e. The van der Waals surface area contributed by atoms with E-state index in [-0.39, 0.29) is 13.4 Å². The maximum atomic E-state index is 2.38. The van der Waals surface area contributed by atoms with Crippen LogP contribution in [-0.2, 0) is 0 Å². The third-order valence-corrected chi connectivity index (χ3v) is 6.87. The van der Waals surface area contributed by atoms with Crippen molar-refractivity contribution in [2.45, 2.75) is 27.7 Å². The minimum absolute atomic E-state index is 0.256. The van der Waals surface area contributed by atoms with E-state index in [0.717, 1.165) is 0 Å². The topological polar surface area (TPSA) is 0 Å². The molecule has 32 heavy (non-hydrogen) atoms. The number of hydrogen-bond donors (Lipinski definition) is 0. The first kappa shape index (κ1) is 20.6. The van der Waals surface area contributed by atoms with Crippen molar-refractivity contribution >= 4 is 46.8 Å². The predicted octanol–water partition coefficient (Wildman–Crippen LogP) is 3.61. The maximum Gasteiger partial charge on any atom is 0.240 e. The van der Waals surface area contributed by atoms with E-state index in [2.05, 4.69) is 125 Å². The van der Waals surface area contributed by atoms with Crippen molar-refractivity contribution in [1.29, 1.82) is 0 Å². The molecular weight excluding hydrogens is 382 g/mol. The SMILES string of the molecule is Cc1ccc(/C=C/B2c3ccccc3B(c3c(C)cc(C)cc3C)c3ccccc32)cc1. The van der Waals surface area contributed by atoms with Crippen LogP contribution in [0.5, 0.6) is 0 Å². The van der Waals surface area contributed by atoms with Gasteiger partial charge in [0.25, 0.3) is 0 Å². The lowest BCUT2D eigenvalue weighted by Gasteiger charge is -2.32. The average molecular weight is 410 g/mol. The van der Waals surface area contributed by atoms with Gasteiger partial charge in [0.05, 0.1) is 0 Å². The Bertz CT molecular complexity index is 1240. The number of hydrogen-bond acceptors (Lipinski definition) is 0. The van der Waals surface area contributed by atoms with E-state index in [4.69, 9.17) is 0 Å². The summed E-state index contributed by atoms with van der Waals surface area (Å²) in [4.78, 5) is 0. The van der Waals surface area contributed by atoms with Crippen LogP contribution >= 0.6 is 0 Å². The van der Waals surface area contributed by atoms with E-state index in [1.165, 1.54) is 55.1 Å². The molecule has 0 amide bonds. The molecule has 0 atom stereocenters. The van der Waals surface area contributed by atoms with Gasteiger partial charge in [-0.1, -0.05) is 141 Å². The molecular formula is C30H28B2. The van der Waals surface area contributed by atoms with Gasteiger partial charge in [-0.25, -0.2) is 0 Å². The van der Waals surface area contributed by atoms with E-state index in [1.54, 1.807) is 0 Å². The molecule has 0 fully saturated rings. The molecule has 0 aromatic heterocycles. The van der Waals surface area contributed by atoms with E-state index < -0.39 is 0 Å². The van der Waals surface area contributed by atoms with Crippen LogP contribution in [0, 0.1) is 27.7 Å². The molecule has 1 aliphatic heterocycles. The summed E-state index contributed by atoms with van der Waals surface area (Å²) in [6, 6.07) is 31.5. The quantitative estimate of drug-likeness (QED) is 0.453. The van der Waals surface area contributed by atoms with Crippen LogP contribution in [0.2, 0.25) is 0 Å². The van der Waals surface area contributed by atoms with Crippen molar-refractivity contribution in [3.8, 4) is 0 Å². The standard InChI is InChI=1S/C30H28B2/c1-21-13-15-25(16-14-21)17-18-31-26-9-5-7-11-28(26)32(29-12-8-6-10-27(29)31)30-23(3)19-22(2)20-24(30)4/h5-20H,1-4H3/b18-17+. The highest BCUT2D eigenvalue weighted by Gasteiger charge is 2.37. The fourth-order valence-electron chi connectivity index (χ4n) is 5.50. The highest BCUT2D eigenvalue weighted by atomic mass is 14.1. The second-order valence-corrected chi connectivity index (χ2v) is 9.25. The lowest BCUT2D eigenvalue weighted by atomic mass is 9.22. The van der Waals surface area contributed by atoms with Crippen LogP contribution in [0.1, 0.15) is 27.8 Å². The molecule has 4 aromatic rings. The number of benzene rings is 4. The van der Waals surface area contributed by atoms with E-state index in [0.29, 0.717) is 0 Å². The summed E-state index contributed by atoms with van der Waals surface area (Å²) in [5, 5.41) is 0. The first-order valence-electron chi connectivity index (χ1n) is 11.5. The van der Waals surface area contributed by atoms with Crippen LogP contribution in [0.25, 0.3) is 6.08 Å². The van der Waals surface area contributed by atoms with Crippen LogP contribution < -0.4 is 27.3 Å². The molecule has 0 nitrogen and oxygen atoms in total. The summed E-state index contributed by atoms with van der Waals surface area (Å²) in [6.45, 7) is 9.39. The molecule has 0 bridgehead atoms. The van der Waals surface area contributed by atoms with Crippen molar-refractivity contribution in [3.63, 3.8) is 0 Å². The minimum atomic E-state index is 0.256.